The van der Waals surface area contributed by atoms with Gasteiger partial charge in [-0.15, -0.1) is 0 Å². The molecule has 0 aliphatic heterocycles. The van der Waals surface area contributed by atoms with Gasteiger partial charge in [-0.2, -0.15) is 0 Å². The third kappa shape index (κ3) is 2.15. The van der Waals surface area contributed by atoms with Gasteiger partial charge in [0.05, 0.1) is 6.61 Å². The van der Waals surface area contributed by atoms with E-state index in [-0.39, 0.29) is 11.6 Å². The van der Waals surface area contributed by atoms with E-state index in [0.29, 0.717) is 22.9 Å². The Hall–Kier alpha value is -0.730. The molecule has 0 aromatic heterocycles. The Balaban J connectivity index is 1.89. The molecule has 0 heterocycles. The van der Waals surface area contributed by atoms with Gasteiger partial charge >= 0.3 is 6.09 Å². The maximum absolute atomic E-state index is 11.9. The molecule has 0 aromatic rings. The van der Waals surface area contributed by atoms with Gasteiger partial charge in [0.15, 0.2) is 0 Å². The predicted molar refractivity (Wildman–Crippen MR) is 74.9 cm³/mol. The number of hydrogen-bond donors (Lipinski definition) is 1. The van der Waals surface area contributed by atoms with E-state index < -0.39 is 0 Å². The van der Waals surface area contributed by atoms with E-state index in [0.717, 1.165) is 19.3 Å². The molecule has 4 fully saturated rings. The van der Waals surface area contributed by atoms with Crippen LogP contribution in [0.4, 0.5) is 4.79 Å². The topological polar surface area (TPSA) is 38.3 Å². The van der Waals surface area contributed by atoms with Gasteiger partial charge in [-0.1, -0.05) is 20.8 Å². The molecule has 0 unspecified atom stereocenters. The molecular weight excluding hydrogens is 238 g/mol. The molecule has 0 saturated heterocycles. The van der Waals surface area contributed by atoms with Crippen molar-refractivity contribution >= 4 is 6.09 Å². The Morgan fingerprint density at radius 3 is 1.74 bits per heavy atom. The van der Waals surface area contributed by atoms with Crippen LogP contribution < -0.4 is 5.32 Å². The van der Waals surface area contributed by atoms with Crippen molar-refractivity contribution in [2.75, 3.05) is 6.61 Å². The van der Waals surface area contributed by atoms with Gasteiger partial charge in [-0.25, -0.2) is 4.79 Å². The number of carbonyl (C=O) groups excluding carboxylic acids is 1. The van der Waals surface area contributed by atoms with E-state index >= 15 is 0 Å². The molecule has 4 saturated carbocycles. The summed E-state index contributed by atoms with van der Waals surface area (Å²) in [6.45, 7) is 9.57. The molecule has 4 bridgehead atoms. The smallest absolute Gasteiger partial charge is 0.407 e. The van der Waals surface area contributed by atoms with Crippen molar-refractivity contribution in [1.82, 2.24) is 5.32 Å². The number of nitrogens with one attached hydrogen (secondary N) is 1. The second-order valence-corrected chi connectivity index (χ2v) is 8.62. The average Bonchev–Trinajstić information content (AvgIpc) is 2.07. The molecular formula is C16H27NO2. The number of rotatable bonds is 2. The molecule has 3 heteroatoms. The molecule has 4 rings (SSSR count). The SMILES string of the molecule is CCOC(=O)NC12CC3(C)CC(C)(CC(C)(C3)C1)C2. The summed E-state index contributed by atoms with van der Waals surface area (Å²) in [5, 5.41) is 3.24. The number of ether oxygens (including phenoxy) is 1. The van der Waals surface area contributed by atoms with Crippen LogP contribution in [0, 0.1) is 16.2 Å². The summed E-state index contributed by atoms with van der Waals surface area (Å²) >= 11 is 0. The number of alkyl carbamates (subject to hydrolysis) is 1. The third-order valence-electron chi connectivity index (χ3n) is 5.50. The summed E-state index contributed by atoms with van der Waals surface area (Å²) < 4.78 is 5.13. The summed E-state index contributed by atoms with van der Waals surface area (Å²) in [7, 11) is 0. The fraction of sp³-hybridized carbons (Fsp3) is 0.938. The van der Waals surface area contributed by atoms with Crippen molar-refractivity contribution < 1.29 is 9.53 Å². The lowest BCUT2D eigenvalue weighted by molar-refractivity contribution is -0.155. The lowest BCUT2D eigenvalue weighted by Crippen LogP contribution is -2.67. The number of amides is 1. The summed E-state index contributed by atoms with van der Waals surface area (Å²) in [6.07, 6.45) is 7.13. The fourth-order valence-electron chi connectivity index (χ4n) is 6.81. The van der Waals surface area contributed by atoms with Gasteiger partial charge < -0.3 is 10.1 Å². The lowest BCUT2D eigenvalue weighted by Gasteiger charge is -2.68. The molecule has 0 spiro atoms. The van der Waals surface area contributed by atoms with Crippen LogP contribution in [0.1, 0.15) is 66.2 Å². The Morgan fingerprint density at radius 2 is 1.37 bits per heavy atom. The largest absolute Gasteiger partial charge is 0.450 e. The van der Waals surface area contributed by atoms with E-state index in [1.165, 1.54) is 19.3 Å². The zero-order valence-corrected chi connectivity index (χ0v) is 12.8. The fourth-order valence-corrected chi connectivity index (χ4v) is 6.81. The average molecular weight is 265 g/mol. The van der Waals surface area contributed by atoms with Crippen molar-refractivity contribution in [1.29, 1.82) is 0 Å². The van der Waals surface area contributed by atoms with Crippen LogP contribution in [0.2, 0.25) is 0 Å². The maximum atomic E-state index is 11.9. The molecule has 0 atom stereocenters. The molecule has 3 nitrogen and oxygen atoms in total. The molecule has 4 aliphatic carbocycles. The molecule has 1 N–H and O–H groups in total. The van der Waals surface area contributed by atoms with Crippen LogP contribution in [0.15, 0.2) is 0 Å². The minimum Gasteiger partial charge on any atom is -0.450 e. The quantitative estimate of drug-likeness (QED) is 0.823. The standard InChI is InChI=1S/C16H27NO2/c1-5-19-12(18)17-16-9-13(2)6-14(3,10-16)8-15(4,7-13)11-16/h5-11H2,1-4H3,(H,17,18). The molecule has 108 valence electrons. The first kappa shape index (κ1) is 13.3. The van der Waals surface area contributed by atoms with Gasteiger partial charge in [0, 0.05) is 5.54 Å². The van der Waals surface area contributed by atoms with Crippen LogP contribution in [-0.2, 0) is 4.74 Å². The van der Waals surface area contributed by atoms with Crippen molar-refractivity contribution in [3.05, 3.63) is 0 Å². The highest BCUT2D eigenvalue weighted by molar-refractivity contribution is 5.68. The number of hydrogen-bond acceptors (Lipinski definition) is 2. The van der Waals surface area contributed by atoms with E-state index in [4.69, 9.17) is 4.74 Å². The first-order valence-electron chi connectivity index (χ1n) is 7.65. The Morgan fingerprint density at radius 1 is 0.947 bits per heavy atom. The second-order valence-electron chi connectivity index (χ2n) is 8.62. The zero-order chi connectivity index (χ0) is 13.9. The maximum Gasteiger partial charge on any atom is 0.407 e. The van der Waals surface area contributed by atoms with Gasteiger partial charge in [-0.05, 0) is 61.7 Å². The van der Waals surface area contributed by atoms with E-state index in [2.05, 4.69) is 26.1 Å². The van der Waals surface area contributed by atoms with Gasteiger partial charge in [0.1, 0.15) is 0 Å². The highest BCUT2D eigenvalue weighted by Crippen LogP contribution is 2.70. The second kappa shape index (κ2) is 3.67. The van der Waals surface area contributed by atoms with Crippen molar-refractivity contribution in [2.24, 2.45) is 16.2 Å². The Labute approximate surface area is 116 Å². The molecule has 0 aromatic carbocycles. The van der Waals surface area contributed by atoms with Gasteiger partial charge in [0.25, 0.3) is 0 Å². The normalized spacial score (nSPS) is 51.2. The van der Waals surface area contributed by atoms with E-state index in [1.807, 2.05) is 6.92 Å². The monoisotopic (exact) mass is 265 g/mol. The summed E-state index contributed by atoms with van der Waals surface area (Å²) in [4.78, 5) is 11.9. The Kier molecular flexibility index (Phi) is 2.57. The highest BCUT2D eigenvalue weighted by Gasteiger charge is 2.64. The minimum absolute atomic E-state index is 0.0146. The first-order chi connectivity index (χ1) is 8.70. The summed E-state index contributed by atoms with van der Waals surface area (Å²) in [5.41, 5.74) is 1.19. The van der Waals surface area contributed by atoms with E-state index in [1.54, 1.807) is 0 Å². The summed E-state index contributed by atoms with van der Waals surface area (Å²) in [6, 6.07) is 0. The minimum atomic E-state index is -0.222. The molecule has 4 aliphatic rings. The first-order valence-corrected chi connectivity index (χ1v) is 7.65. The summed E-state index contributed by atoms with van der Waals surface area (Å²) in [5.74, 6) is 0. The van der Waals surface area contributed by atoms with Crippen LogP contribution in [0.3, 0.4) is 0 Å². The van der Waals surface area contributed by atoms with Crippen molar-refractivity contribution in [3.63, 3.8) is 0 Å². The van der Waals surface area contributed by atoms with Crippen molar-refractivity contribution in [3.8, 4) is 0 Å². The highest BCUT2D eigenvalue weighted by atomic mass is 16.5. The predicted octanol–water partition coefficient (Wildman–Crippen LogP) is 3.87. The van der Waals surface area contributed by atoms with Gasteiger partial charge in [-0.3, -0.25) is 0 Å². The van der Waals surface area contributed by atoms with Gasteiger partial charge in [0.2, 0.25) is 0 Å². The van der Waals surface area contributed by atoms with Crippen LogP contribution in [0.25, 0.3) is 0 Å². The van der Waals surface area contributed by atoms with Crippen LogP contribution in [0.5, 0.6) is 0 Å². The molecule has 19 heavy (non-hydrogen) atoms. The van der Waals surface area contributed by atoms with Crippen LogP contribution >= 0.6 is 0 Å². The molecule has 0 radical (unpaired) electrons. The Bertz CT molecular complexity index is 363. The van der Waals surface area contributed by atoms with E-state index in [9.17, 15) is 4.79 Å². The number of carbonyl (C=O) groups is 1. The van der Waals surface area contributed by atoms with Crippen molar-refractivity contribution in [2.45, 2.75) is 71.8 Å². The zero-order valence-electron chi connectivity index (χ0n) is 12.8. The van der Waals surface area contributed by atoms with Crippen LogP contribution in [-0.4, -0.2) is 18.2 Å². The molecule has 1 amide bonds. The lowest BCUT2D eigenvalue weighted by atomic mass is 9.38. The third-order valence-corrected chi connectivity index (χ3v) is 5.50.